The third-order valence-corrected chi connectivity index (χ3v) is 5.50. The van der Waals surface area contributed by atoms with Gasteiger partial charge in [-0.25, -0.2) is 0 Å². The summed E-state index contributed by atoms with van der Waals surface area (Å²) in [4.78, 5) is 15.1. The molecule has 0 bridgehead atoms. The highest BCUT2D eigenvalue weighted by atomic mass is 16.2. The second-order valence-corrected chi connectivity index (χ2v) is 6.80. The van der Waals surface area contributed by atoms with Crippen molar-refractivity contribution in [3.63, 3.8) is 0 Å². The van der Waals surface area contributed by atoms with Crippen LogP contribution in [0, 0.1) is 0 Å². The molecule has 25 heavy (non-hydrogen) atoms. The van der Waals surface area contributed by atoms with Crippen LogP contribution < -0.4 is 5.32 Å². The highest BCUT2D eigenvalue weighted by Gasteiger charge is 2.35. The van der Waals surface area contributed by atoms with Gasteiger partial charge in [0.1, 0.15) is 0 Å². The summed E-state index contributed by atoms with van der Waals surface area (Å²) in [5, 5.41) is 3.35. The summed E-state index contributed by atoms with van der Waals surface area (Å²) in [6, 6.07) is 19.0. The molecule has 2 aromatic carbocycles. The molecular formula is C22H28N2O. The van der Waals surface area contributed by atoms with Gasteiger partial charge in [0.2, 0.25) is 5.91 Å². The largest absolute Gasteiger partial charge is 0.347 e. The van der Waals surface area contributed by atoms with Crippen LogP contribution in [-0.4, -0.2) is 29.9 Å². The summed E-state index contributed by atoms with van der Waals surface area (Å²) < 4.78 is 0. The molecule has 1 N–H and O–H groups in total. The molecule has 3 nitrogen and oxygen atoms in total. The Hall–Kier alpha value is -2.13. The van der Waals surface area contributed by atoms with Crippen LogP contribution in [-0.2, 0) is 11.2 Å². The van der Waals surface area contributed by atoms with Gasteiger partial charge in [0.25, 0.3) is 0 Å². The van der Waals surface area contributed by atoms with Crippen molar-refractivity contribution in [2.45, 2.75) is 45.2 Å². The van der Waals surface area contributed by atoms with Gasteiger partial charge in [-0.15, -0.1) is 0 Å². The van der Waals surface area contributed by atoms with E-state index in [0.29, 0.717) is 5.92 Å². The number of nitrogens with one attached hydrogen (secondary N) is 1. The van der Waals surface area contributed by atoms with Gasteiger partial charge in [0.15, 0.2) is 0 Å². The summed E-state index contributed by atoms with van der Waals surface area (Å²) in [6.07, 6.45) is 0.977. The molecule has 0 spiro atoms. The molecule has 3 rings (SSSR count). The fourth-order valence-corrected chi connectivity index (χ4v) is 3.99. The maximum absolute atomic E-state index is 12.9. The minimum Gasteiger partial charge on any atom is -0.347 e. The maximum Gasteiger partial charge on any atom is 0.237 e. The quantitative estimate of drug-likeness (QED) is 0.867. The molecule has 0 aromatic heterocycles. The first kappa shape index (κ1) is 17.7. The molecule has 1 aliphatic carbocycles. The Morgan fingerprint density at radius 3 is 2.40 bits per heavy atom. The Morgan fingerprint density at radius 1 is 1.08 bits per heavy atom. The first-order valence-corrected chi connectivity index (χ1v) is 9.32. The summed E-state index contributed by atoms with van der Waals surface area (Å²) >= 11 is 0. The fourth-order valence-electron chi connectivity index (χ4n) is 3.99. The van der Waals surface area contributed by atoms with Crippen molar-refractivity contribution in [3.05, 3.63) is 71.3 Å². The Kier molecular flexibility index (Phi) is 5.54. The van der Waals surface area contributed by atoms with Crippen LogP contribution in [0.2, 0.25) is 0 Å². The van der Waals surface area contributed by atoms with Crippen LogP contribution in [0.5, 0.6) is 0 Å². The van der Waals surface area contributed by atoms with Gasteiger partial charge in [-0.1, -0.05) is 68.4 Å². The van der Waals surface area contributed by atoms with E-state index in [9.17, 15) is 4.79 Å². The summed E-state index contributed by atoms with van der Waals surface area (Å²) in [6.45, 7) is 7.97. The monoisotopic (exact) mass is 336 g/mol. The van der Waals surface area contributed by atoms with E-state index >= 15 is 0 Å². The number of likely N-dealkylation sites (N-methyl/N-ethyl adjacent to an activating group) is 1. The van der Waals surface area contributed by atoms with Crippen molar-refractivity contribution >= 4 is 5.91 Å². The molecule has 3 atom stereocenters. The van der Waals surface area contributed by atoms with Gasteiger partial charge in [-0.2, -0.15) is 0 Å². The number of hydrogen-bond donors (Lipinski definition) is 1. The average Bonchev–Trinajstić information content (AvgIpc) is 3.02. The molecule has 1 aliphatic rings. The first-order valence-electron chi connectivity index (χ1n) is 9.32. The number of amides is 1. The smallest absolute Gasteiger partial charge is 0.237 e. The van der Waals surface area contributed by atoms with Gasteiger partial charge in [0.05, 0.1) is 12.1 Å². The van der Waals surface area contributed by atoms with E-state index in [0.717, 1.165) is 19.5 Å². The number of carbonyl (C=O) groups excluding carboxylic acids is 1. The standard InChI is InChI=1S/C22H28N2O/c1-4-24(5-2)16(3)22(25)23-21-19-14-10-9-13-18(19)15-20(21)17-11-7-6-8-12-17/h6-14,16,20-21H,4-5,15H2,1-3H3,(H,23,25). The normalized spacial score (nSPS) is 20.3. The molecule has 3 unspecified atom stereocenters. The topological polar surface area (TPSA) is 32.3 Å². The molecule has 3 heteroatoms. The van der Waals surface area contributed by atoms with Crippen molar-refractivity contribution in [1.29, 1.82) is 0 Å². The third-order valence-electron chi connectivity index (χ3n) is 5.50. The van der Waals surface area contributed by atoms with Crippen LogP contribution >= 0.6 is 0 Å². The zero-order valence-electron chi connectivity index (χ0n) is 15.4. The van der Waals surface area contributed by atoms with Gasteiger partial charge in [-0.05, 0) is 43.1 Å². The maximum atomic E-state index is 12.9. The molecular weight excluding hydrogens is 308 g/mol. The molecule has 2 aromatic rings. The molecule has 0 saturated carbocycles. The average molecular weight is 336 g/mol. The van der Waals surface area contributed by atoms with Gasteiger partial charge >= 0.3 is 0 Å². The molecule has 132 valence electrons. The SMILES string of the molecule is CCN(CC)C(C)C(=O)NC1c2ccccc2CC1c1ccccc1. The predicted octanol–water partition coefficient (Wildman–Crippen LogP) is 3.91. The molecule has 0 fully saturated rings. The molecule has 0 heterocycles. The van der Waals surface area contributed by atoms with Crippen molar-refractivity contribution < 1.29 is 4.79 Å². The van der Waals surface area contributed by atoms with Crippen molar-refractivity contribution in [1.82, 2.24) is 10.2 Å². The van der Waals surface area contributed by atoms with E-state index in [2.05, 4.69) is 72.6 Å². The second kappa shape index (κ2) is 7.83. The third kappa shape index (κ3) is 3.62. The van der Waals surface area contributed by atoms with Crippen LogP contribution in [0.3, 0.4) is 0 Å². The zero-order valence-corrected chi connectivity index (χ0v) is 15.4. The highest BCUT2D eigenvalue weighted by molar-refractivity contribution is 5.82. The lowest BCUT2D eigenvalue weighted by atomic mass is 9.92. The van der Waals surface area contributed by atoms with Crippen LogP contribution in [0.4, 0.5) is 0 Å². The van der Waals surface area contributed by atoms with Gasteiger partial charge in [-0.3, -0.25) is 9.69 Å². The Bertz CT molecular complexity index is 709. The van der Waals surface area contributed by atoms with Crippen LogP contribution in [0.1, 0.15) is 49.4 Å². The molecule has 0 aliphatic heterocycles. The van der Waals surface area contributed by atoms with Gasteiger partial charge < -0.3 is 5.32 Å². The molecule has 1 amide bonds. The molecule has 0 saturated heterocycles. The van der Waals surface area contributed by atoms with Crippen molar-refractivity contribution in [2.75, 3.05) is 13.1 Å². The molecule has 0 radical (unpaired) electrons. The van der Waals surface area contributed by atoms with E-state index in [1.807, 2.05) is 13.0 Å². The Labute approximate surface area is 151 Å². The first-order chi connectivity index (χ1) is 12.2. The highest BCUT2D eigenvalue weighted by Crippen LogP contribution is 2.42. The van der Waals surface area contributed by atoms with Crippen LogP contribution in [0.25, 0.3) is 0 Å². The summed E-state index contributed by atoms with van der Waals surface area (Å²) in [5.41, 5.74) is 3.90. The number of benzene rings is 2. The minimum atomic E-state index is -0.112. The summed E-state index contributed by atoms with van der Waals surface area (Å²) in [5.74, 6) is 0.415. The lowest BCUT2D eigenvalue weighted by molar-refractivity contribution is -0.126. The minimum absolute atomic E-state index is 0.0455. The van der Waals surface area contributed by atoms with Gasteiger partial charge in [0, 0.05) is 5.92 Å². The lowest BCUT2D eigenvalue weighted by Gasteiger charge is -2.29. The van der Waals surface area contributed by atoms with E-state index in [-0.39, 0.29) is 18.0 Å². The second-order valence-electron chi connectivity index (χ2n) is 6.80. The van der Waals surface area contributed by atoms with Crippen LogP contribution in [0.15, 0.2) is 54.6 Å². The number of carbonyl (C=O) groups is 1. The summed E-state index contributed by atoms with van der Waals surface area (Å²) in [7, 11) is 0. The van der Waals surface area contributed by atoms with E-state index in [1.165, 1.54) is 16.7 Å². The van der Waals surface area contributed by atoms with E-state index < -0.39 is 0 Å². The van der Waals surface area contributed by atoms with E-state index in [4.69, 9.17) is 0 Å². The predicted molar refractivity (Wildman–Crippen MR) is 103 cm³/mol. The number of fused-ring (bicyclic) bond motifs is 1. The van der Waals surface area contributed by atoms with Crippen molar-refractivity contribution in [2.24, 2.45) is 0 Å². The Morgan fingerprint density at radius 2 is 1.72 bits per heavy atom. The number of nitrogens with zero attached hydrogens (tertiary/aromatic N) is 1. The van der Waals surface area contributed by atoms with Crippen molar-refractivity contribution in [3.8, 4) is 0 Å². The number of hydrogen-bond acceptors (Lipinski definition) is 2. The lowest BCUT2D eigenvalue weighted by Crippen LogP contribution is -2.46. The number of rotatable bonds is 6. The van der Waals surface area contributed by atoms with E-state index in [1.54, 1.807) is 0 Å². The fraction of sp³-hybridized carbons (Fsp3) is 0.409. The Balaban J connectivity index is 1.86. The zero-order chi connectivity index (χ0) is 17.8.